The van der Waals surface area contributed by atoms with Crippen molar-refractivity contribution in [2.45, 2.75) is 109 Å². The monoisotopic (exact) mass is 493 g/mol. The second-order valence-corrected chi connectivity index (χ2v) is 13.9. The van der Waals surface area contributed by atoms with E-state index in [4.69, 9.17) is 9.31 Å². The van der Waals surface area contributed by atoms with Crippen LogP contribution in [0.1, 0.15) is 85.6 Å². The van der Waals surface area contributed by atoms with Gasteiger partial charge in [0, 0.05) is 24.3 Å². The average Bonchev–Trinajstić information content (AvgIpc) is 3.14. The first kappa shape index (κ1) is 24.9. The molecule has 4 heterocycles. The number of fused-ring (bicyclic) bond motifs is 2. The summed E-state index contributed by atoms with van der Waals surface area (Å²) in [7, 11) is -0.411. The predicted octanol–water partition coefficient (Wildman–Crippen LogP) is 3.61. The van der Waals surface area contributed by atoms with Crippen LogP contribution in [0.3, 0.4) is 0 Å². The Hall–Kier alpha value is -1.41. The zero-order valence-corrected chi connectivity index (χ0v) is 23.2. The lowest BCUT2D eigenvalue weighted by molar-refractivity contribution is -0.125. The van der Waals surface area contributed by atoms with Gasteiger partial charge in [-0.25, -0.2) is 0 Å². The number of piperidine rings is 2. The molecule has 196 valence electrons. The van der Waals surface area contributed by atoms with E-state index in [1.807, 2.05) is 0 Å². The molecule has 7 heteroatoms. The molecule has 0 radical (unpaired) electrons. The summed E-state index contributed by atoms with van der Waals surface area (Å²) in [6, 6.07) is 7.45. The molecule has 1 aromatic carbocycles. The largest absolute Gasteiger partial charge is 0.494 e. The van der Waals surface area contributed by atoms with E-state index >= 15 is 0 Å². The maximum absolute atomic E-state index is 14.2. The number of nitrogens with one attached hydrogen (secondary N) is 1. The maximum Gasteiger partial charge on any atom is 0.494 e. The molecule has 0 unspecified atom stereocenters. The van der Waals surface area contributed by atoms with Crippen molar-refractivity contribution in [1.82, 2.24) is 10.2 Å². The lowest BCUT2D eigenvalue weighted by atomic mass is 9.72. The molecule has 3 saturated heterocycles. The lowest BCUT2D eigenvalue weighted by Crippen LogP contribution is -2.59. The van der Waals surface area contributed by atoms with Gasteiger partial charge in [-0.1, -0.05) is 26.0 Å². The summed E-state index contributed by atoms with van der Waals surface area (Å²) in [6.07, 6.45) is 6.51. The number of amides is 1. The van der Waals surface area contributed by atoms with Crippen LogP contribution in [0.5, 0.6) is 0 Å². The minimum Gasteiger partial charge on any atom is -0.399 e. The van der Waals surface area contributed by atoms with Crippen LogP contribution in [-0.4, -0.2) is 67.4 Å². The molecule has 1 aliphatic carbocycles. The van der Waals surface area contributed by atoms with Crippen molar-refractivity contribution in [1.29, 1.82) is 0 Å². The van der Waals surface area contributed by atoms with E-state index in [0.29, 0.717) is 17.4 Å². The highest BCUT2D eigenvalue weighted by atomic mass is 16.7. The first-order valence-electron chi connectivity index (χ1n) is 14.2. The summed E-state index contributed by atoms with van der Waals surface area (Å²) in [4.78, 5) is 19.1. The molecule has 1 aromatic rings. The van der Waals surface area contributed by atoms with Gasteiger partial charge in [0.05, 0.1) is 16.6 Å². The minimum atomic E-state index is -0.411. The SMILES string of the molecule is CC1(C)CCCN([C@H]2C[C@@H](N3C(=O)C4(CCNCC4)c4ccc(B5OC(C)(C)C(C)(C)O5)cc43)C2)C1. The fraction of sp³-hybridized carbons (Fsp3) is 0.759. The summed E-state index contributed by atoms with van der Waals surface area (Å²) in [6.45, 7) is 17.3. The van der Waals surface area contributed by atoms with E-state index in [1.54, 1.807) is 0 Å². The van der Waals surface area contributed by atoms with E-state index in [9.17, 15) is 4.79 Å². The second kappa shape index (κ2) is 8.30. The smallest absolute Gasteiger partial charge is 0.399 e. The fourth-order valence-corrected chi connectivity index (χ4v) is 7.28. The van der Waals surface area contributed by atoms with Gasteiger partial charge >= 0.3 is 7.12 Å². The zero-order valence-electron chi connectivity index (χ0n) is 23.2. The predicted molar refractivity (Wildman–Crippen MR) is 145 cm³/mol. The number of rotatable bonds is 3. The molecular weight excluding hydrogens is 449 g/mol. The van der Waals surface area contributed by atoms with Crippen LogP contribution in [-0.2, 0) is 19.5 Å². The third-order valence-electron chi connectivity index (χ3n) is 10.3. The third kappa shape index (κ3) is 3.79. The quantitative estimate of drug-likeness (QED) is 0.653. The highest BCUT2D eigenvalue weighted by Gasteiger charge is 2.56. The molecule has 6 nitrogen and oxygen atoms in total. The fourth-order valence-electron chi connectivity index (χ4n) is 7.28. The van der Waals surface area contributed by atoms with Gasteiger partial charge in [0.15, 0.2) is 0 Å². The summed E-state index contributed by atoms with van der Waals surface area (Å²) in [5.74, 6) is 0.326. The van der Waals surface area contributed by atoms with Crippen molar-refractivity contribution in [3.8, 4) is 0 Å². The van der Waals surface area contributed by atoms with Gasteiger partial charge in [-0.3, -0.25) is 9.69 Å². The Balaban J connectivity index is 1.29. The number of nitrogens with zero attached hydrogens (tertiary/aromatic N) is 2. The van der Waals surface area contributed by atoms with E-state index in [2.05, 4.69) is 74.9 Å². The van der Waals surface area contributed by atoms with Crippen LogP contribution >= 0.6 is 0 Å². The van der Waals surface area contributed by atoms with Gasteiger partial charge in [0.25, 0.3) is 0 Å². The molecule has 0 bridgehead atoms. The molecule has 1 amide bonds. The lowest BCUT2D eigenvalue weighted by Gasteiger charge is -2.50. The van der Waals surface area contributed by atoms with E-state index in [1.165, 1.54) is 31.5 Å². The maximum atomic E-state index is 14.2. The summed E-state index contributed by atoms with van der Waals surface area (Å²) in [5, 5.41) is 3.47. The average molecular weight is 494 g/mol. The van der Waals surface area contributed by atoms with Gasteiger partial charge in [-0.15, -0.1) is 0 Å². The summed E-state index contributed by atoms with van der Waals surface area (Å²) >= 11 is 0. The van der Waals surface area contributed by atoms with Crippen molar-refractivity contribution in [3.63, 3.8) is 0 Å². The molecule has 4 aliphatic heterocycles. The molecule has 6 rings (SSSR count). The van der Waals surface area contributed by atoms with E-state index < -0.39 is 7.12 Å². The topological polar surface area (TPSA) is 54.0 Å². The number of anilines is 1. The molecule has 0 atom stereocenters. The van der Waals surface area contributed by atoms with Crippen molar-refractivity contribution in [2.24, 2.45) is 5.41 Å². The molecule has 1 saturated carbocycles. The first-order valence-corrected chi connectivity index (χ1v) is 14.2. The standard InChI is InChI=1S/C29H44BN3O3/c1-26(2)10-7-15-32(19-26)21-17-22(18-21)33-24-16-20(30-35-27(3,4)28(5,6)36-30)8-9-23(24)29(25(33)34)11-13-31-14-12-29/h8-9,16,21-22,31H,7,10-15,17-19H2,1-6H3/t21-,22+. The van der Waals surface area contributed by atoms with Crippen LogP contribution in [0.2, 0.25) is 0 Å². The molecule has 4 fully saturated rings. The number of carbonyl (C=O) groups is 1. The third-order valence-corrected chi connectivity index (χ3v) is 10.3. The minimum absolute atomic E-state index is 0.286. The van der Waals surface area contributed by atoms with Crippen LogP contribution in [0.15, 0.2) is 18.2 Å². The second-order valence-electron chi connectivity index (χ2n) is 13.9. The van der Waals surface area contributed by atoms with Crippen molar-refractivity contribution >= 4 is 24.2 Å². The van der Waals surface area contributed by atoms with Crippen LogP contribution < -0.4 is 15.7 Å². The van der Waals surface area contributed by atoms with E-state index in [-0.39, 0.29) is 22.7 Å². The number of hydrogen-bond donors (Lipinski definition) is 1. The van der Waals surface area contributed by atoms with Crippen molar-refractivity contribution in [2.75, 3.05) is 31.1 Å². The summed E-state index contributed by atoms with van der Waals surface area (Å²) in [5.41, 5.74) is 2.60. The molecule has 5 aliphatic rings. The number of benzene rings is 1. The van der Waals surface area contributed by atoms with Gasteiger partial charge in [-0.05, 0) is 108 Å². The normalized spacial score (nSPS) is 32.6. The van der Waals surface area contributed by atoms with Gasteiger partial charge in [-0.2, -0.15) is 0 Å². The molecule has 0 aromatic heterocycles. The Morgan fingerprint density at radius 1 is 0.944 bits per heavy atom. The molecule has 36 heavy (non-hydrogen) atoms. The molecule has 1 spiro atoms. The number of hydrogen-bond acceptors (Lipinski definition) is 5. The van der Waals surface area contributed by atoms with E-state index in [0.717, 1.165) is 49.9 Å². The highest BCUT2D eigenvalue weighted by molar-refractivity contribution is 6.62. The Morgan fingerprint density at radius 2 is 1.61 bits per heavy atom. The van der Waals surface area contributed by atoms with Crippen molar-refractivity contribution < 1.29 is 14.1 Å². The van der Waals surface area contributed by atoms with Crippen LogP contribution in [0.4, 0.5) is 5.69 Å². The summed E-state index contributed by atoms with van der Waals surface area (Å²) < 4.78 is 12.8. The highest BCUT2D eigenvalue weighted by Crippen LogP contribution is 2.50. The van der Waals surface area contributed by atoms with Gasteiger partial charge < -0.3 is 19.5 Å². The molecular formula is C29H44BN3O3. The van der Waals surface area contributed by atoms with Crippen LogP contribution in [0, 0.1) is 5.41 Å². The number of likely N-dealkylation sites (tertiary alicyclic amines) is 1. The van der Waals surface area contributed by atoms with Gasteiger partial charge in [0.1, 0.15) is 0 Å². The zero-order chi connectivity index (χ0) is 25.5. The molecule has 1 N–H and O–H groups in total. The number of carbonyl (C=O) groups excluding carboxylic acids is 1. The van der Waals surface area contributed by atoms with Crippen LogP contribution in [0.25, 0.3) is 0 Å². The van der Waals surface area contributed by atoms with Gasteiger partial charge in [0.2, 0.25) is 5.91 Å². The first-order chi connectivity index (χ1) is 16.9. The Bertz CT molecular complexity index is 1030. The Kier molecular flexibility index (Phi) is 5.74. The van der Waals surface area contributed by atoms with Crippen molar-refractivity contribution in [3.05, 3.63) is 23.8 Å². The Labute approximate surface area is 217 Å². The Morgan fingerprint density at radius 3 is 2.25 bits per heavy atom.